The number of nitrogens with zero attached hydrogens (tertiary/aromatic N) is 3. The Balaban J connectivity index is 1.40. The van der Waals surface area contributed by atoms with Crippen LogP contribution in [0.4, 0.5) is 4.79 Å². The normalized spacial score (nSPS) is 25.4. The average Bonchev–Trinajstić information content (AvgIpc) is 3.04. The van der Waals surface area contributed by atoms with Crippen LogP contribution in [0.5, 0.6) is 0 Å². The Morgan fingerprint density at radius 3 is 2.84 bits per heavy atom. The Labute approximate surface area is 147 Å². The molecule has 2 aromatic rings. The van der Waals surface area contributed by atoms with Crippen LogP contribution in [0.15, 0.2) is 34.9 Å². The lowest BCUT2D eigenvalue weighted by atomic mass is 10.1. The minimum Gasteiger partial charge on any atom is -0.339 e. The van der Waals surface area contributed by atoms with Crippen LogP contribution in [0, 0.1) is 0 Å². The van der Waals surface area contributed by atoms with E-state index in [4.69, 9.17) is 4.52 Å². The first-order valence-corrected chi connectivity index (χ1v) is 9.09. The number of nitrogens with one attached hydrogen (secondary N) is 1. The number of likely N-dealkylation sites (tertiary alicyclic amines) is 1. The van der Waals surface area contributed by atoms with Crippen molar-refractivity contribution >= 4 is 6.03 Å². The summed E-state index contributed by atoms with van der Waals surface area (Å²) in [6.45, 7) is 4.78. The van der Waals surface area contributed by atoms with Gasteiger partial charge >= 0.3 is 6.03 Å². The predicted molar refractivity (Wildman–Crippen MR) is 93.2 cm³/mol. The minimum atomic E-state index is -0.0785. The highest BCUT2D eigenvalue weighted by Crippen LogP contribution is 2.41. The summed E-state index contributed by atoms with van der Waals surface area (Å²) in [5.41, 5.74) is 1.30. The second-order valence-corrected chi connectivity index (χ2v) is 7.31. The Hall–Kier alpha value is -2.37. The van der Waals surface area contributed by atoms with Crippen LogP contribution in [0.3, 0.4) is 0 Å². The monoisotopic (exact) mass is 340 g/mol. The quantitative estimate of drug-likeness (QED) is 0.923. The van der Waals surface area contributed by atoms with E-state index in [1.807, 2.05) is 36.9 Å². The number of carbonyl (C=O) groups is 1. The highest BCUT2D eigenvalue weighted by Gasteiger charge is 2.42. The number of urea groups is 1. The van der Waals surface area contributed by atoms with Crippen molar-refractivity contribution < 1.29 is 9.32 Å². The van der Waals surface area contributed by atoms with E-state index < -0.39 is 0 Å². The van der Waals surface area contributed by atoms with Gasteiger partial charge in [0.15, 0.2) is 5.82 Å². The largest absolute Gasteiger partial charge is 0.339 e. The van der Waals surface area contributed by atoms with Crippen LogP contribution >= 0.6 is 0 Å². The van der Waals surface area contributed by atoms with Crippen LogP contribution in [-0.2, 0) is 0 Å². The second-order valence-electron chi connectivity index (χ2n) is 7.31. The zero-order valence-corrected chi connectivity index (χ0v) is 14.7. The van der Waals surface area contributed by atoms with Crippen LogP contribution in [0.2, 0.25) is 0 Å². The molecule has 1 aromatic heterocycles. The van der Waals surface area contributed by atoms with E-state index in [1.165, 1.54) is 5.56 Å². The summed E-state index contributed by atoms with van der Waals surface area (Å²) in [5.74, 6) is 1.90. The zero-order valence-electron chi connectivity index (χ0n) is 14.7. The van der Waals surface area contributed by atoms with Crippen molar-refractivity contribution in [3.05, 3.63) is 47.6 Å². The number of hydrogen-bond acceptors (Lipinski definition) is 4. The van der Waals surface area contributed by atoms with E-state index in [0.29, 0.717) is 17.6 Å². The number of hydrogen-bond donors (Lipinski definition) is 1. The Morgan fingerprint density at radius 1 is 1.32 bits per heavy atom. The molecule has 4 rings (SSSR count). The lowest BCUT2D eigenvalue weighted by molar-refractivity contribution is 0.189. The first-order valence-electron chi connectivity index (χ1n) is 9.09. The van der Waals surface area contributed by atoms with Gasteiger partial charge in [-0.15, -0.1) is 0 Å². The first kappa shape index (κ1) is 16.1. The van der Waals surface area contributed by atoms with Gasteiger partial charge in [0, 0.05) is 24.4 Å². The van der Waals surface area contributed by atoms with Crippen LogP contribution in [0.25, 0.3) is 0 Å². The van der Waals surface area contributed by atoms with E-state index in [2.05, 4.69) is 27.6 Å². The first-order chi connectivity index (χ1) is 12.1. The van der Waals surface area contributed by atoms with Crippen molar-refractivity contribution in [1.82, 2.24) is 20.4 Å². The molecule has 6 heteroatoms. The molecule has 3 atom stereocenters. The molecule has 1 saturated carbocycles. The molecule has 2 amide bonds. The summed E-state index contributed by atoms with van der Waals surface area (Å²) in [6, 6.07) is 10.5. The Kier molecular flexibility index (Phi) is 4.19. The van der Waals surface area contributed by atoms with E-state index in [9.17, 15) is 4.79 Å². The van der Waals surface area contributed by atoms with Gasteiger partial charge < -0.3 is 14.7 Å². The van der Waals surface area contributed by atoms with E-state index in [-0.39, 0.29) is 24.0 Å². The summed E-state index contributed by atoms with van der Waals surface area (Å²) in [5, 5.41) is 7.28. The van der Waals surface area contributed by atoms with Gasteiger partial charge in [-0.3, -0.25) is 0 Å². The molecule has 1 saturated heterocycles. The lowest BCUT2D eigenvalue weighted by Gasteiger charge is -2.22. The van der Waals surface area contributed by atoms with Gasteiger partial charge in [0.2, 0.25) is 5.89 Å². The molecule has 25 heavy (non-hydrogen) atoms. The Bertz CT molecular complexity index is 743. The molecular weight excluding hydrogens is 316 g/mol. The van der Waals surface area contributed by atoms with Crippen molar-refractivity contribution in [2.45, 2.75) is 57.0 Å². The van der Waals surface area contributed by atoms with Crippen molar-refractivity contribution in [2.75, 3.05) is 6.54 Å². The smallest absolute Gasteiger partial charge is 0.318 e. The maximum atomic E-state index is 12.7. The summed E-state index contributed by atoms with van der Waals surface area (Å²) < 4.78 is 5.32. The molecule has 132 valence electrons. The average molecular weight is 340 g/mol. The lowest BCUT2D eigenvalue weighted by Crippen LogP contribution is -2.41. The topological polar surface area (TPSA) is 71.3 Å². The number of aromatic nitrogens is 2. The highest BCUT2D eigenvalue weighted by molar-refractivity contribution is 5.76. The molecule has 1 aliphatic carbocycles. The predicted octanol–water partition coefficient (Wildman–Crippen LogP) is 3.60. The molecule has 1 aromatic carbocycles. The maximum absolute atomic E-state index is 12.7. The maximum Gasteiger partial charge on any atom is 0.318 e. The van der Waals surface area contributed by atoms with E-state index >= 15 is 0 Å². The third-order valence-electron chi connectivity index (χ3n) is 5.09. The number of rotatable bonds is 4. The molecule has 1 aliphatic heterocycles. The van der Waals surface area contributed by atoms with Crippen molar-refractivity contribution in [1.29, 1.82) is 0 Å². The molecule has 2 aliphatic rings. The van der Waals surface area contributed by atoms with Crippen molar-refractivity contribution in [2.24, 2.45) is 0 Å². The third-order valence-corrected chi connectivity index (χ3v) is 5.09. The highest BCUT2D eigenvalue weighted by atomic mass is 16.5. The molecule has 0 unspecified atom stereocenters. The fourth-order valence-electron chi connectivity index (χ4n) is 3.56. The molecule has 1 N–H and O–H groups in total. The molecule has 0 radical (unpaired) electrons. The van der Waals surface area contributed by atoms with Crippen molar-refractivity contribution in [3.63, 3.8) is 0 Å². The number of amides is 2. The van der Waals surface area contributed by atoms with Gasteiger partial charge in [-0.2, -0.15) is 4.98 Å². The van der Waals surface area contributed by atoms with Gasteiger partial charge in [0.1, 0.15) is 0 Å². The molecule has 2 heterocycles. The second kappa shape index (κ2) is 6.50. The van der Waals surface area contributed by atoms with Gasteiger partial charge in [-0.1, -0.05) is 49.3 Å². The molecule has 0 spiro atoms. The molecule has 2 fully saturated rings. The third kappa shape index (κ3) is 3.25. The van der Waals surface area contributed by atoms with Gasteiger partial charge in [0.25, 0.3) is 0 Å². The van der Waals surface area contributed by atoms with Crippen LogP contribution in [-0.4, -0.2) is 33.7 Å². The van der Waals surface area contributed by atoms with Gasteiger partial charge in [-0.25, -0.2) is 4.79 Å². The molecule has 6 nitrogen and oxygen atoms in total. The summed E-state index contributed by atoms with van der Waals surface area (Å²) in [7, 11) is 0. The summed E-state index contributed by atoms with van der Waals surface area (Å²) in [4.78, 5) is 19.1. The van der Waals surface area contributed by atoms with Gasteiger partial charge in [0.05, 0.1) is 6.04 Å². The SMILES string of the molecule is CC(C)c1nc([C@@H]2CCCN2C(=O)N[C@@H]2C[C@H]2c2ccccc2)no1. The minimum absolute atomic E-state index is 0.0122. The fraction of sp³-hybridized carbons (Fsp3) is 0.526. The fourth-order valence-corrected chi connectivity index (χ4v) is 3.56. The van der Waals surface area contributed by atoms with Crippen molar-refractivity contribution in [3.8, 4) is 0 Å². The van der Waals surface area contributed by atoms with E-state index in [0.717, 1.165) is 25.8 Å². The molecular formula is C19H24N4O2. The number of carbonyl (C=O) groups excluding carboxylic acids is 1. The number of benzene rings is 1. The summed E-state index contributed by atoms with van der Waals surface area (Å²) in [6.07, 6.45) is 2.86. The Morgan fingerprint density at radius 2 is 2.12 bits per heavy atom. The zero-order chi connectivity index (χ0) is 17.4. The van der Waals surface area contributed by atoms with Crippen LogP contribution < -0.4 is 5.32 Å². The molecule has 0 bridgehead atoms. The van der Waals surface area contributed by atoms with Crippen LogP contribution in [0.1, 0.15) is 68.3 Å². The van der Waals surface area contributed by atoms with E-state index in [1.54, 1.807) is 0 Å². The standard InChI is InChI=1S/C19H24N4O2/c1-12(2)18-21-17(22-25-18)16-9-6-10-23(16)19(24)20-15-11-14(15)13-7-4-3-5-8-13/h3-5,7-8,12,14-16H,6,9-11H2,1-2H3,(H,20,24)/t14-,15+,16-/m0/s1. The van der Waals surface area contributed by atoms with Gasteiger partial charge in [-0.05, 0) is 24.8 Å². The summed E-state index contributed by atoms with van der Waals surface area (Å²) >= 11 is 0.